The second-order valence-corrected chi connectivity index (χ2v) is 6.51. The number of amides is 3. The van der Waals surface area contributed by atoms with Crippen LogP contribution in [-0.4, -0.2) is 47.8 Å². The number of aryl methyl sites for hydroxylation is 1. The van der Waals surface area contributed by atoms with E-state index in [1.54, 1.807) is 37.3 Å². The molecule has 1 unspecified atom stereocenters. The zero-order chi connectivity index (χ0) is 19.9. The van der Waals surface area contributed by atoms with Crippen LogP contribution in [0.2, 0.25) is 0 Å². The highest BCUT2D eigenvalue weighted by Gasteiger charge is 2.25. The van der Waals surface area contributed by atoms with Crippen LogP contribution in [0.5, 0.6) is 0 Å². The van der Waals surface area contributed by atoms with Crippen LogP contribution in [0.3, 0.4) is 0 Å². The highest BCUT2D eigenvalue weighted by atomic mass is 16.5. The number of hydrogen-bond donors (Lipinski definition) is 2. The van der Waals surface area contributed by atoms with E-state index < -0.39 is 11.9 Å². The molecule has 0 aliphatic carbocycles. The van der Waals surface area contributed by atoms with E-state index >= 15 is 0 Å². The second-order valence-electron chi connectivity index (χ2n) is 6.51. The SMILES string of the molecule is Cc1cc(NC(=O)CN(CC2CCCO2)C(=O)Nc2cccc(C#N)c2)no1. The fourth-order valence-corrected chi connectivity index (χ4v) is 2.90. The topological polar surface area (TPSA) is 120 Å². The molecule has 1 atom stereocenters. The molecule has 0 radical (unpaired) electrons. The van der Waals surface area contributed by atoms with Crippen molar-refractivity contribution in [2.45, 2.75) is 25.9 Å². The van der Waals surface area contributed by atoms with E-state index in [0.29, 0.717) is 29.4 Å². The van der Waals surface area contributed by atoms with Crippen LogP contribution in [0.25, 0.3) is 0 Å². The Labute approximate surface area is 162 Å². The Kier molecular flexibility index (Phi) is 6.24. The first-order chi connectivity index (χ1) is 13.5. The molecule has 3 rings (SSSR count). The number of nitrogens with one attached hydrogen (secondary N) is 2. The summed E-state index contributed by atoms with van der Waals surface area (Å²) in [6, 6.07) is 9.75. The number of aromatic nitrogens is 1. The number of ether oxygens (including phenoxy) is 1. The zero-order valence-electron chi connectivity index (χ0n) is 15.5. The molecule has 28 heavy (non-hydrogen) atoms. The highest BCUT2D eigenvalue weighted by Crippen LogP contribution is 2.16. The molecular formula is C19H21N5O4. The van der Waals surface area contributed by atoms with E-state index in [1.807, 2.05) is 6.07 Å². The van der Waals surface area contributed by atoms with Crippen LogP contribution >= 0.6 is 0 Å². The normalized spacial score (nSPS) is 15.6. The summed E-state index contributed by atoms with van der Waals surface area (Å²) < 4.78 is 10.5. The molecule has 1 aromatic carbocycles. The lowest BCUT2D eigenvalue weighted by Crippen LogP contribution is -2.44. The van der Waals surface area contributed by atoms with Gasteiger partial charge in [0.2, 0.25) is 5.91 Å². The van der Waals surface area contributed by atoms with Crippen molar-refractivity contribution >= 4 is 23.4 Å². The van der Waals surface area contributed by atoms with Gasteiger partial charge in [-0.25, -0.2) is 4.79 Å². The van der Waals surface area contributed by atoms with Gasteiger partial charge < -0.3 is 24.8 Å². The van der Waals surface area contributed by atoms with Crippen molar-refractivity contribution in [3.05, 3.63) is 41.7 Å². The van der Waals surface area contributed by atoms with Crippen molar-refractivity contribution in [3.8, 4) is 6.07 Å². The van der Waals surface area contributed by atoms with Crippen molar-refractivity contribution in [1.29, 1.82) is 5.26 Å². The predicted octanol–water partition coefficient (Wildman–Crippen LogP) is 2.51. The molecule has 1 aromatic heterocycles. The molecule has 2 aromatic rings. The summed E-state index contributed by atoms with van der Waals surface area (Å²) in [7, 11) is 0. The highest BCUT2D eigenvalue weighted by molar-refractivity contribution is 5.96. The molecule has 3 amide bonds. The Morgan fingerprint density at radius 1 is 1.36 bits per heavy atom. The number of carbonyl (C=O) groups is 2. The lowest BCUT2D eigenvalue weighted by Gasteiger charge is -2.25. The number of hydrogen-bond acceptors (Lipinski definition) is 6. The average Bonchev–Trinajstić information content (AvgIpc) is 3.33. The van der Waals surface area contributed by atoms with E-state index in [-0.39, 0.29) is 19.2 Å². The predicted molar refractivity (Wildman–Crippen MR) is 101 cm³/mol. The van der Waals surface area contributed by atoms with E-state index in [2.05, 4.69) is 15.8 Å². The molecule has 2 heterocycles. The number of nitriles is 1. The summed E-state index contributed by atoms with van der Waals surface area (Å²) in [6.07, 6.45) is 1.64. The summed E-state index contributed by atoms with van der Waals surface area (Å²) in [6.45, 7) is 2.48. The van der Waals surface area contributed by atoms with Gasteiger partial charge in [-0.2, -0.15) is 5.26 Å². The van der Waals surface area contributed by atoms with Crippen LogP contribution < -0.4 is 10.6 Å². The van der Waals surface area contributed by atoms with Crippen molar-refractivity contribution in [2.24, 2.45) is 0 Å². The first-order valence-electron chi connectivity index (χ1n) is 8.94. The summed E-state index contributed by atoms with van der Waals surface area (Å²) in [5.74, 6) is 0.468. The zero-order valence-corrected chi connectivity index (χ0v) is 15.5. The number of urea groups is 1. The largest absolute Gasteiger partial charge is 0.376 e. The van der Waals surface area contributed by atoms with Gasteiger partial charge in [0.15, 0.2) is 5.82 Å². The summed E-state index contributed by atoms with van der Waals surface area (Å²) in [4.78, 5) is 26.5. The van der Waals surface area contributed by atoms with Crippen LogP contribution in [0.1, 0.15) is 24.2 Å². The molecule has 1 aliphatic rings. The maximum Gasteiger partial charge on any atom is 0.322 e. The lowest BCUT2D eigenvalue weighted by molar-refractivity contribution is -0.117. The number of nitrogens with zero attached hydrogens (tertiary/aromatic N) is 3. The Hall–Kier alpha value is -3.38. The van der Waals surface area contributed by atoms with Crippen molar-refractivity contribution < 1.29 is 18.8 Å². The molecule has 1 aliphatic heterocycles. The molecule has 0 bridgehead atoms. The third-order valence-corrected chi connectivity index (χ3v) is 4.21. The lowest BCUT2D eigenvalue weighted by atomic mass is 10.2. The monoisotopic (exact) mass is 383 g/mol. The molecule has 2 N–H and O–H groups in total. The van der Waals surface area contributed by atoms with Gasteiger partial charge in [-0.1, -0.05) is 11.2 Å². The molecule has 146 valence electrons. The van der Waals surface area contributed by atoms with Gasteiger partial charge in [0.05, 0.1) is 17.7 Å². The van der Waals surface area contributed by atoms with Crippen molar-refractivity contribution in [1.82, 2.24) is 10.1 Å². The maximum atomic E-state index is 12.8. The Morgan fingerprint density at radius 3 is 2.89 bits per heavy atom. The number of benzene rings is 1. The first-order valence-corrected chi connectivity index (χ1v) is 8.94. The molecule has 0 spiro atoms. The smallest absolute Gasteiger partial charge is 0.322 e. The van der Waals surface area contributed by atoms with Gasteiger partial charge in [-0.15, -0.1) is 0 Å². The minimum atomic E-state index is -0.447. The minimum absolute atomic E-state index is 0.113. The van der Waals surface area contributed by atoms with Gasteiger partial charge in [0.1, 0.15) is 12.3 Å². The molecule has 1 fully saturated rings. The van der Waals surface area contributed by atoms with Gasteiger partial charge in [0, 0.05) is 24.9 Å². The Balaban J connectivity index is 1.67. The van der Waals surface area contributed by atoms with Gasteiger partial charge in [-0.3, -0.25) is 4.79 Å². The Morgan fingerprint density at radius 2 is 2.21 bits per heavy atom. The quantitative estimate of drug-likeness (QED) is 0.791. The molecule has 1 saturated heterocycles. The van der Waals surface area contributed by atoms with Crippen LogP contribution in [0.4, 0.5) is 16.3 Å². The van der Waals surface area contributed by atoms with E-state index in [9.17, 15) is 9.59 Å². The Bertz CT molecular complexity index is 882. The van der Waals surface area contributed by atoms with Crippen molar-refractivity contribution in [2.75, 3.05) is 30.3 Å². The van der Waals surface area contributed by atoms with Gasteiger partial charge >= 0.3 is 6.03 Å². The van der Waals surface area contributed by atoms with Crippen LogP contribution in [0, 0.1) is 18.3 Å². The van der Waals surface area contributed by atoms with E-state index in [4.69, 9.17) is 14.5 Å². The molecular weight excluding hydrogens is 362 g/mol. The van der Waals surface area contributed by atoms with Gasteiger partial charge in [0.25, 0.3) is 0 Å². The van der Waals surface area contributed by atoms with Gasteiger partial charge in [-0.05, 0) is 38.0 Å². The van der Waals surface area contributed by atoms with Crippen LogP contribution in [0.15, 0.2) is 34.9 Å². The van der Waals surface area contributed by atoms with E-state index in [0.717, 1.165) is 12.8 Å². The van der Waals surface area contributed by atoms with E-state index in [1.165, 1.54) is 4.90 Å². The average molecular weight is 383 g/mol. The third-order valence-electron chi connectivity index (χ3n) is 4.21. The summed E-state index contributed by atoms with van der Waals surface area (Å²) in [5, 5.41) is 18.1. The fourth-order valence-electron chi connectivity index (χ4n) is 2.90. The summed E-state index contributed by atoms with van der Waals surface area (Å²) >= 11 is 0. The fraction of sp³-hybridized carbons (Fsp3) is 0.368. The maximum absolute atomic E-state index is 12.8. The number of carbonyl (C=O) groups excluding carboxylic acids is 2. The molecule has 9 nitrogen and oxygen atoms in total. The third kappa shape index (κ3) is 5.31. The second kappa shape index (κ2) is 9.01. The standard InChI is InChI=1S/C19H21N5O4/c1-13-8-17(23-28-13)22-18(25)12-24(11-16-6-3-7-27-16)19(26)21-15-5-2-4-14(9-15)10-20/h2,4-5,8-9,16H,3,6-7,11-12H2,1H3,(H,21,26)(H,22,23,25). The van der Waals surface area contributed by atoms with Crippen LogP contribution in [-0.2, 0) is 9.53 Å². The molecule has 9 heteroatoms. The number of rotatable bonds is 6. The molecule has 0 saturated carbocycles. The first kappa shape index (κ1) is 19.4. The van der Waals surface area contributed by atoms with Crippen molar-refractivity contribution in [3.63, 3.8) is 0 Å². The number of anilines is 2. The minimum Gasteiger partial charge on any atom is -0.376 e. The summed E-state index contributed by atoms with van der Waals surface area (Å²) in [5.41, 5.74) is 0.913.